The Hall–Kier alpha value is -2.87. The molecule has 7 nitrogen and oxygen atoms in total. The molecule has 5 rings (SSSR count). The second-order valence-electron chi connectivity index (χ2n) is 8.13. The van der Waals surface area contributed by atoms with Gasteiger partial charge in [0.25, 0.3) is 0 Å². The van der Waals surface area contributed by atoms with Gasteiger partial charge in [0.05, 0.1) is 28.2 Å². The van der Waals surface area contributed by atoms with Crippen molar-refractivity contribution in [3.63, 3.8) is 0 Å². The molecule has 0 saturated carbocycles. The molecule has 3 aromatic heterocycles. The summed E-state index contributed by atoms with van der Waals surface area (Å²) in [4.78, 5) is 10.8. The van der Waals surface area contributed by atoms with E-state index in [0.29, 0.717) is 21.4 Å². The number of anilines is 1. The minimum Gasteiger partial charge on any atom is -0.486 e. The van der Waals surface area contributed by atoms with E-state index in [4.69, 9.17) is 27.9 Å². The number of benzene rings is 1. The number of hydrogen-bond acceptors (Lipinski definition) is 6. The highest BCUT2D eigenvalue weighted by molar-refractivity contribution is 6.35. The molecule has 0 aliphatic carbocycles. The van der Waals surface area contributed by atoms with Crippen LogP contribution in [0, 0.1) is 0 Å². The molecule has 0 amide bonds. The first kappa shape index (κ1) is 21.9. The van der Waals surface area contributed by atoms with Crippen molar-refractivity contribution < 1.29 is 9.84 Å². The van der Waals surface area contributed by atoms with Crippen molar-refractivity contribution in [2.24, 2.45) is 0 Å². The fraction of sp³-hybridized carbons (Fsp3) is 0.292. The van der Waals surface area contributed by atoms with Crippen LogP contribution in [0.2, 0.25) is 10.0 Å². The van der Waals surface area contributed by atoms with Gasteiger partial charge in [0.1, 0.15) is 23.4 Å². The number of fused-ring (bicyclic) bond motifs is 1. The van der Waals surface area contributed by atoms with E-state index < -0.39 is 0 Å². The highest BCUT2D eigenvalue weighted by Gasteiger charge is 2.25. The lowest BCUT2D eigenvalue weighted by Crippen LogP contribution is -2.32. The largest absolute Gasteiger partial charge is 0.486 e. The second-order valence-corrected chi connectivity index (χ2v) is 8.95. The van der Waals surface area contributed by atoms with E-state index >= 15 is 0 Å². The SMILES string of the molecule is CC(Oc1ccc2[nH]nc(-c3ccc(N4CCC[C@H]4CO)nc3)c2c1)c1c(Cl)cncc1Cl. The third kappa shape index (κ3) is 4.24. The van der Waals surface area contributed by atoms with E-state index in [0.717, 1.165) is 47.4 Å². The molecule has 0 bridgehead atoms. The highest BCUT2D eigenvalue weighted by atomic mass is 35.5. The number of aromatic amines is 1. The molecule has 170 valence electrons. The summed E-state index contributed by atoms with van der Waals surface area (Å²) in [5.74, 6) is 1.55. The Morgan fingerprint density at radius 1 is 1.18 bits per heavy atom. The van der Waals surface area contributed by atoms with E-state index in [1.165, 1.54) is 0 Å². The summed E-state index contributed by atoms with van der Waals surface area (Å²) in [6.07, 6.45) is 6.63. The van der Waals surface area contributed by atoms with Gasteiger partial charge >= 0.3 is 0 Å². The van der Waals surface area contributed by atoms with Crippen molar-refractivity contribution in [2.45, 2.75) is 31.9 Å². The average molecular weight is 484 g/mol. The molecule has 0 spiro atoms. The van der Waals surface area contributed by atoms with E-state index in [2.05, 4.69) is 25.1 Å². The van der Waals surface area contributed by atoms with Crippen molar-refractivity contribution in [3.8, 4) is 17.0 Å². The molecule has 1 aliphatic rings. The summed E-state index contributed by atoms with van der Waals surface area (Å²) >= 11 is 12.6. The van der Waals surface area contributed by atoms with E-state index in [1.54, 1.807) is 12.4 Å². The molecule has 1 aliphatic heterocycles. The molecule has 2 N–H and O–H groups in total. The van der Waals surface area contributed by atoms with E-state index in [1.807, 2.05) is 43.5 Å². The summed E-state index contributed by atoms with van der Waals surface area (Å²) in [6, 6.07) is 9.90. The van der Waals surface area contributed by atoms with Crippen LogP contribution in [-0.4, -0.2) is 44.5 Å². The topological polar surface area (TPSA) is 87.2 Å². The van der Waals surface area contributed by atoms with Crippen molar-refractivity contribution >= 4 is 39.9 Å². The molecule has 4 heterocycles. The zero-order valence-electron chi connectivity index (χ0n) is 18.0. The number of aliphatic hydroxyl groups is 1. The summed E-state index contributed by atoms with van der Waals surface area (Å²) < 4.78 is 6.16. The Bertz CT molecular complexity index is 1260. The summed E-state index contributed by atoms with van der Waals surface area (Å²) in [7, 11) is 0. The molecule has 2 atom stereocenters. The van der Waals surface area contributed by atoms with Gasteiger partial charge in [0.2, 0.25) is 0 Å². The standard InChI is InChI=1S/C24H23Cl2N5O2/c1-14(23-19(25)11-27-12-20(23)26)33-17-5-6-21-18(9-17)24(30-29-21)15-4-7-22(28-10-15)31-8-2-3-16(31)13-32/h4-7,9-12,14,16,32H,2-3,8,13H2,1H3,(H,29,30)/t14?,16-/m0/s1. The summed E-state index contributed by atoms with van der Waals surface area (Å²) in [6.45, 7) is 2.95. The smallest absolute Gasteiger partial charge is 0.128 e. The second kappa shape index (κ2) is 9.17. The Kier molecular flexibility index (Phi) is 6.10. The van der Waals surface area contributed by atoms with Crippen LogP contribution in [0.1, 0.15) is 31.4 Å². The number of aromatic nitrogens is 4. The van der Waals surface area contributed by atoms with Gasteiger partial charge in [0.15, 0.2) is 0 Å². The minimum atomic E-state index is -0.360. The number of aliphatic hydroxyl groups excluding tert-OH is 1. The molecule has 4 aromatic rings. The van der Waals surface area contributed by atoms with Crippen LogP contribution < -0.4 is 9.64 Å². The first-order valence-corrected chi connectivity index (χ1v) is 11.6. The van der Waals surface area contributed by atoms with Gasteiger partial charge in [-0.1, -0.05) is 23.2 Å². The predicted octanol–water partition coefficient (Wildman–Crippen LogP) is 5.43. The Balaban J connectivity index is 1.42. The molecule has 0 radical (unpaired) electrons. The van der Waals surface area contributed by atoms with Gasteiger partial charge in [-0.3, -0.25) is 10.1 Å². The maximum atomic E-state index is 9.60. The van der Waals surface area contributed by atoms with Crippen LogP contribution in [0.5, 0.6) is 5.75 Å². The zero-order chi connectivity index (χ0) is 22.9. The number of halogens is 2. The predicted molar refractivity (Wildman–Crippen MR) is 130 cm³/mol. The van der Waals surface area contributed by atoms with Gasteiger partial charge in [-0.05, 0) is 50.1 Å². The number of pyridine rings is 2. The number of H-pyrrole nitrogens is 1. The third-order valence-electron chi connectivity index (χ3n) is 6.05. The maximum Gasteiger partial charge on any atom is 0.128 e. The molecule has 9 heteroatoms. The first-order chi connectivity index (χ1) is 16.0. The Labute approximate surface area is 201 Å². The lowest BCUT2D eigenvalue weighted by Gasteiger charge is -2.24. The third-order valence-corrected chi connectivity index (χ3v) is 6.65. The van der Waals surface area contributed by atoms with E-state index in [9.17, 15) is 5.11 Å². The van der Waals surface area contributed by atoms with Gasteiger partial charge in [0, 0.05) is 41.6 Å². The van der Waals surface area contributed by atoms with Crippen LogP contribution >= 0.6 is 23.2 Å². The van der Waals surface area contributed by atoms with Crippen LogP contribution in [0.25, 0.3) is 22.2 Å². The molecule has 1 fully saturated rings. The van der Waals surface area contributed by atoms with Crippen LogP contribution in [-0.2, 0) is 0 Å². The molecular formula is C24H23Cl2N5O2. The van der Waals surface area contributed by atoms with Crippen molar-refractivity contribution in [1.82, 2.24) is 20.2 Å². The quantitative estimate of drug-likeness (QED) is 0.380. The number of ether oxygens (including phenoxy) is 1. The fourth-order valence-corrected chi connectivity index (χ4v) is 5.05. The monoisotopic (exact) mass is 483 g/mol. The lowest BCUT2D eigenvalue weighted by molar-refractivity contribution is 0.227. The first-order valence-electron chi connectivity index (χ1n) is 10.8. The number of hydrogen-bond donors (Lipinski definition) is 2. The van der Waals surface area contributed by atoms with Gasteiger partial charge in [-0.2, -0.15) is 5.10 Å². The number of nitrogens with one attached hydrogen (secondary N) is 1. The van der Waals surface area contributed by atoms with E-state index in [-0.39, 0.29) is 18.8 Å². The minimum absolute atomic E-state index is 0.138. The maximum absolute atomic E-state index is 9.60. The fourth-order valence-electron chi connectivity index (χ4n) is 4.38. The highest BCUT2D eigenvalue weighted by Crippen LogP contribution is 2.35. The lowest BCUT2D eigenvalue weighted by atomic mass is 10.1. The summed E-state index contributed by atoms with van der Waals surface area (Å²) in [5.41, 5.74) is 3.29. The van der Waals surface area contributed by atoms with Gasteiger partial charge in [-0.15, -0.1) is 0 Å². The Morgan fingerprint density at radius 2 is 2.00 bits per heavy atom. The summed E-state index contributed by atoms with van der Waals surface area (Å²) in [5, 5.41) is 19.0. The Morgan fingerprint density at radius 3 is 2.73 bits per heavy atom. The number of nitrogens with zero attached hydrogens (tertiary/aromatic N) is 4. The molecule has 1 saturated heterocycles. The molecule has 1 aromatic carbocycles. The van der Waals surface area contributed by atoms with Crippen molar-refractivity contribution in [1.29, 1.82) is 0 Å². The zero-order valence-corrected chi connectivity index (χ0v) is 19.5. The normalized spacial score (nSPS) is 17.0. The van der Waals surface area contributed by atoms with Crippen LogP contribution in [0.4, 0.5) is 5.82 Å². The molecule has 1 unspecified atom stereocenters. The van der Waals surface area contributed by atoms with Crippen LogP contribution in [0.15, 0.2) is 48.9 Å². The van der Waals surface area contributed by atoms with Gasteiger partial charge < -0.3 is 14.7 Å². The van der Waals surface area contributed by atoms with Gasteiger partial charge in [-0.25, -0.2) is 4.98 Å². The molecular weight excluding hydrogens is 461 g/mol. The van der Waals surface area contributed by atoms with Crippen LogP contribution in [0.3, 0.4) is 0 Å². The van der Waals surface area contributed by atoms with Crippen molar-refractivity contribution in [2.75, 3.05) is 18.1 Å². The van der Waals surface area contributed by atoms with Crippen molar-refractivity contribution in [3.05, 3.63) is 64.5 Å². The average Bonchev–Trinajstić information content (AvgIpc) is 3.46. The molecule has 33 heavy (non-hydrogen) atoms. The number of rotatable bonds is 6.